The molecule has 0 aromatic heterocycles. The molecule has 0 spiro atoms. The fourth-order valence-electron chi connectivity index (χ4n) is 1.85. The first-order valence-electron chi connectivity index (χ1n) is 5.95. The molecule has 2 nitrogen and oxygen atoms in total. The highest BCUT2D eigenvalue weighted by Crippen LogP contribution is 2.37. The lowest BCUT2D eigenvalue weighted by Gasteiger charge is -2.32. The minimum Gasteiger partial charge on any atom is -0.400 e. The maximum absolute atomic E-state index is 5.87. The van der Waals surface area contributed by atoms with Gasteiger partial charge in [0.2, 0.25) is 0 Å². The summed E-state index contributed by atoms with van der Waals surface area (Å²) < 4.78 is 11.7. The summed E-state index contributed by atoms with van der Waals surface area (Å²) in [5, 5.41) is 0. The van der Waals surface area contributed by atoms with Crippen molar-refractivity contribution >= 4 is 7.12 Å². The monoisotopic (exact) mass is 208 g/mol. The molecule has 1 aliphatic heterocycles. The molecule has 84 valence electrons. The van der Waals surface area contributed by atoms with E-state index in [2.05, 4.69) is 39.7 Å². The van der Waals surface area contributed by atoms with Crippen LogP contribution in [0.1, 0.15) is 47.0 Å². The number of hydrogen-bond donors (Lipinski definition) is 0. The molecule has 2 fully saturated rings. The van der Waals surface area contributed by atoms with Crippen molar-refractivity contribution in [1.82, 2.24) is 0 Å². The van der Waals surface area contributed by atoms with Crippen molar-refractivity contribution < 1.29 is 9.31 Å². The molecule has 1 saturated heterocycles. The first-order chi connectivity index (χ1) is 6.91. The molecule has 0 atom stereocenters. The Kier molecular flexibility index (Phi) is 2.72. The first kappa shape index (κ1) is 11.2. The molecule has 0 aromatic rings. The van der Waals surface area contributed by atoms with Crippen molar-refractivity contribution in [3.8, 4) is 0 Å². The Hall–Kier alpha value is -0.275. The maximum Gasteiger partial charge on any atom is 0.486 e. The zero-order valence-corrected chi connectivity index (χ0v) is 10.2. The average molecular weight is 208 g/mol. The fourth-order valence-corrected chi connectivity index (χ4v) is 1.85. The van der Waals surface area contributed by atoms with Crippen LogP contribution < -0.4 is 0 Å². The van der Waals surface area contributed by atoms with Crippen LogP contribution in [-0.4, -0.2) is 18.3 Å². The van der Waals surface area contributed by atoms with E-state index in [9.17, 15) is 0 Å². The van der Waals surface area contributed by atoms with Gasteiger partial charge in [0.25, 0.3) is 0 Å². The highest BCUT2D eigenvalue weighted by Gasteiger charge is 2.50. The van der Waals surface area contributed by atoms with E-state index in [1.165, 1.54) is 19.3 Å². The second-order valence-electron chi connectivity index (χ2n) is 5.70. The Balaban J connectivity index is 1.93. The van der Waals surface area contributed by atoms with E-state index >= 15 is 0 Å². The molecule has 15 heavy (non-hydrogen) atoms. The van der Waals surface area contributed by atoms with Crippen molar-refractivity contribution in [3.63, 3.8) is 0 Å². The fraction of sp³-hybridized carbons (Fsp3) is 0.833. The van der Waals surface area contributed by atoms with Gasteiger partial charge in [0.05, 0.1) is 11.2 Å². The van der Waals surface area contributed by atoms with Gasteiger partial charge in [0.15, 0.2) is 0 Å². The minimum absolute atomic E-state index is 0.157. The Morgan fingerprint density at radius 2 is 1.60 bits per heavy atom. The predicted octanol–water partition coefficient (Wildman–Crippen LogP) is 2.97. The van der Waals surface area contributed by atoms with Gasteiger partial charge in [-0.3, -0.25) is 0 Å². The van der Waals surface area contributed by atoms with Crippen LogP contribution in [0.3, 0.4) is 0 Å². The lowest BCUT2D eigenvalue weighted by molar-refractivity contribution is 0.00578. The van der Waals surface area contributed by atoms with Gasteiger partial charge in [-0.15, -0.1) is 0 Å². The highest BCUT2D eigenvalue weighted by atomic mass is 16.7. The molecule has 2 aliphatic rings. The lowest BCUT2D eigenvalue weighted by atomic mass is 9.80. The van der Waals surface area contributed by atoms with Crippen LogP contribution in [0.4, 0.5) is 0 Å². The van der Waals surface area contributed by atoms with Crippen LogP contribution in [0, 0.1) is 5.92 Å². The van der Waals surface area contributed by atoms with Gasteiger partial charge in [-0.05, 0) is 46.5 Å². The Bertz CT molecular complexity index is 251. The third kappa shape index (κ3) is 2.14. The zero-order valence-electron chi connectivity index (χ0n) is 10.2. The van der Waals surface area contributed by atoms with E-state index in [1.807, 2.05) is 0 Å². The summed E-state index contributed by atoms with van der Waals surface area (Å²) in [6, 6.07) is 0. The normalized spacial score (nSPS) is 29.7. The smallest absolute Gasteiger partial charge is 0.400 e. The number of hydrogen-bond acceptors (Lipinski definition) is 2. The topological polar surface area (TPSA) is 18.5 Å². The summed E-state index contributed by atoms with van der Waals surface area (Å²) in [6.07, 6.45) is 6.29. The molecular weight excluding hydrogens is 187 g/mol. The summed E-state index contributed by atoms with van der Waals surface area (Å²) in [6.45, 7) is 8.35. The minimum atomic E-state index is -0.207. The maximum atomic E-state index is 5.87. The van der Waals surface area contributed by atoms with Gasteiger partial charge in [-0.2, -0.15) is 0 Å². The van der Waals surface area contributed by atoms with E-state index in [0.717, 1.165) is 5.92 Å². The van der Waals surface area contributed by atoms with Gasteiger partial charge in [0, 0.05) is 0 Å². The molecule has 0 radical (unpaired) electrons. The second-order valence-corrected chi connectivity index (χ2v) is 5.70. The Morgan fingerprint density at radius 1 is 1.07 bits per heavy atom. The standard InChI is InChI=1S/C12H21BO2/c1-11(2)12(3,4)15-13(14-11)9-8-10-6-5-7-10/h8-10H,5-7H2,1-4H3. The van der Waals surface area contributed by atoms with Crippen molar-refractivity contribution in [2.45, 2.75) is 58.2 Å². The summed E-state index contributed by atoms with van der Waals surface area (Å²) in [4.78, 5) is 0. The largest absolute Gasteiger partial charge is 0.486 e. The quantitative estimate of drug-likeness (QED) is 0.649. The third-order valence-electron chi connectivity index (χ3n) is 3.96. The van der Waals surface area contributed by atoms with Crippen molar-refractivity contribution in [2.75, 3.05) is 0 Å². The summed E-state index contributed by atoms with van der Waals surface area (Å²) in [5.41, 5.74) is -0.413. The molecule has 2 rings (SSSR count). The van der Waals surface area contributed by atoms with Crippen molar-refractivity contribution in [3.05, 3.63) is 12.1 Å². The highest BCUT2D eigenvalue weighted by molar-refractivity contribution is 6.51. The molecule has 0 unspecified atom stereocenters. The molecule has 3 heteroatoms. The van der Waals surface area contributed by atoms with Gasteiger partial charge < -0.3 is 9.31 Å². The van der Waals surface area contributed by atoms with Crippen LogP contribution in [0.5, 0.6) is 0 Å². The third-order valence-corrected chi connectivity index (χ3v) is 3.96. The summed E-state index contributed by atoms with van der Waals surface area (Å²) in [5.74, 6) is 2.85. The van der Waals surface area contributed by atoms with Gasteiger partial charge in [0.1, 0.15) is 0 Å². The molecule has 1 aliphatic carbocycles. The molecule has 0 amide bonds. The van der Waals surface area contributed by atoms with Gasteiger partial charge >= 0.3 is 7.12 Å². The predicted molar refractivity (Wildman–Crippen MR) is 62.6 cm³/mol. The molecular formula is C12H21BO2. The summed E-state index contributed by atoms with van der Waals surface area (Å²) >= 11 is 0. The van der Waals surface area contributed by atoms with Crippen LogP contribution in [0.15, 0.2) is 12.1 Å². The second kappa shape index (κ2) is 3.64. The van der Waals surface area contributed by atoms with E-state index in [4.69, 9.17) is 9.31 Å². The van der Waals surface area contributed by atoms with Gasteiger partial charge in [-0.1, -0.05) is 18.5 Å². The summed E-state index contributed by atoms with van der Waals surface area (Å²) in [7, 11) is -0.157. The number of allylic oxidation sites excluding steroid dienone is 1. The average Bonchev–Trinajstić information content (AvgIpc) is 2.17. The molecule has 0 N–H and O–H groups in total. The zero-order chi connectivity index (χ0) is 11.1. The lowest BCUT2D eigenvalue weighted by Crippen LogP contribution is -2.41. The molecule has 1 saturated carbocycles. The molecule has 0 aromatic carbocycles. The Labute approximate surface area is 93.2 Å². The number of rotatable bonds is 2. The van der Waals surface area contributed by atoms with E-state index in [1.54, 1.807) is 0 Å². The SMILES string of the molecule is CC1(C)OB(C=CC2CCC2)OC1(C)C. The van der Waals surface area contributed by atoms with E-state index < -0.39 is 0 Å². The van der Waals surface area contributed by atoms with E-state index in [-0.39, 0.29) is 18.3 Å². The van der Waals surface area contributed by atoms with Crippen LogP contribution in [-0.2, 0) is 9.31 Å². The van der Waals surface area contributed by atoms with E-state index in [0.29, 0.717) is 0 Å². The van der Waals surface area contributed by atoms with Crippen molar-refractivity contribution in [1.29, 1.82) is 0 Å². The van der Waals surface area contributed by atoms with Crippen LogP contribution >= 0.6 is 0 Å². The molecule has 1 heterocycles. The van der Waals surface area contributed by atoms with Crippen molar-refractivity contribution in [2.24, 2.45) is 5.92 Å². The molecule has 0 bridgehead atoms. The van der Waals surface area contributed by atoms with Gasteiger partial charge in [-0.25, -0.2) is 0 Å². The van der Waals surface area contributed by atoms with Crippen LogP contribution in [0.25, 0.3) is 0 Å². The van der Waals surface area contributed by atoms with Crippen LogP contribution in [0.2, 0.25) is 0 Å². The first-order valence-corrected chi connectivity index (χ1v) is 5.95. The Morgan fingerprint density at radius 3 is 2.00 bits per heavy atom.